The van der Waals surface area contributed by atoms with Crippen molar-refractivity contribution in [1.82, 2.24) is 15.0 Å². The molecule has 1 aromatic carbocycles. The van der Waals surface area contributed by atoms with Crippen LogP contribution in [0.5, 0.6) is 5.75 Å². The molecule has 0 N–H and O–H groups in total. The van der Waals surface area contributed by atoms with E-state index in [0.29, 0.717) is 36.5 Å². The number of likely N-dealkylation sites (tertiary alicyclic amines) is 1. The predicted octanol–water partition coefficient (Wildman–Crippen LogP) is 4.25. The van der Waals surface area contributed by atoms with Gasteiger partial charge in [0.2, 0.25) is 17.6 Å². The molecule has 1 saturated carbocycles. The summed E-state index contributed by atoms with van der Waals surface area (Å²) in [6.45, 7) is 0.933. The number of ether oxygens (including phenoxy) is 1. The molecular weight excluding hydrogens is 354 g/mol. The van der Waals surface area contributed by atoms with E-state index in [2.05, 4.69) is 15.0 Å². The molecule has 0 unspecified atom stereocenters. The van der Waals surface area contributed by atoms with Crippen LogP contribution in [0.25, 0.3) is 11.4 Å². The van der Waals surface area contributed by atoms with Crippen molar-refractivity contribution >= 4 is 5.91 Å². The lowest BCUT2D eigenvalue weighted by atomic mass is 9.78. The Morgan fingerprint density at radius 2 is 1.96 bits per heavy atom. The fraction of sp³-hybridized carbons (Fsp3) is 0.591. The van der Waals surface area contributed by atoms with Crippen molar-refractivity contribution in [3.63, 3.8) is 0 Å². The van der Waals surface area contributed by atoms with Crippen molar-refractivity contribution in [1.29, 1.82) is 0 Å². The first-order valence-electron chi connectivity index (χ1n) is 10.5. The second kappa shape index (κ2) is 8.76. The number of hydrogen-bond donors (Lipinski definition) is 0. The molecule has 1 amide bonds. The SMILES string of the molecule is COc1ccc(-c2noc(CCCC(=O)N3CCC[C@@H]4CCCC[C@H]43)n2)cc1. The first-order valence-corrected chi connectivity index (χ1v) is 10.5. The van der Waals surface area contributed by atoms with Gasteiger partial charge in [0, 0.05) is 31.0 Å². The van der Waals surface area contributed by atoms with Crippen molar-refractivity contribution in [3.8, 4) is 17.1 Å². The lowest BCUT2D eigenvalue weighted by Crippen LogP contribution is -2.49. The van der Waals surface area contributed by atoms with Crippen LogP contribution >= 0.6 is 0 Å². The van der Waals surface area contributed by atoms with Crippen LogP contribution in [0, 0.1) is 5.92 Å². The second-order valence-electron chi connectivity index (χ2n) is 7.94. The summed E-state index contributed by atoms with van der Waals surface area (Å²) in [5, 5.41) is 4.06. The molecule has 2 fully saturated rings. The zero-order valence-corrected chi connectivity index (χ0v) is 16.6. The van der Waals surface area contributed by atoms with E-state index in [0.717, 1.165) is 36.6 Å². The van der Waals surface area contributed by atoms with Gasteiger partial charge in [0.15, 0.2) is 0 Å². The van der Waals surface area contributed by atoms with Crippen LogP contribution in [-0.2, 0) is 11.2 Å². The third-order valence-electron chi connectivity index (χ3n) is 6.16. The highest BCUT2D eigenvalue weighted by molar-refractivity contribution is 5.76. The fourth-order valence-corrected chi connectivity index (χ4v) is 4.68. The van der Waals surface area contributed by atoms with Crippen LogP contribution in [-0.4, -0.2) is 40.6 Å². The Hall–Kier alpha value is -2.37. The first kappa shape index (κ1) is 19.0. The number of benzene rings is 1. The normalized spacial score (nSPS) is 22.0. The number of nitrogens with zero attached hydrogens (tertiary/aromatic N) is 3. The molecule has 4 rings (SSSR count). The Bertz CT molecular complexity index is 785. The van der Waals surface area contributed by atoms with Gasteiger partial charge < -0.3 is 14.2 Å². The monoisotopic (exact) mass is 383 g/mol. The molecule has 0 bridgehead atoms. The largest absolute Gasteiger partial charge is 0.497 e. The van der Waals surface area contributed by atoms with Gasteiger partial charge >= 0.3 is 0 Å². The lowest BCUT2D eigenvalue weighted by Gasteiger charge is -2.44. The van der Waals surface area contributed by atoms with Crippen LogP contribution < -0.4 is 4.74 Å². The maximum atomic E-state index is 12.8. The van der Waals surface area contributed by atoms with Crippen molar-refractivity contribution in [3.05, 3.63) is 30.2 Å². The van der Waals surface area contributed by atoms with Gasteiger partial charge in [-0.15, -0.1) is 0 Å². The molecule has 1 saturated heterocycles. The minimum atomic E-state index is 0.298. The number of aromatic nitrogens is 2. The van der Waals surface area contributed by atoms with Crippen LogP contribution in [0.4, 0.5) is 0 Å². The summed E-state index contributed by atoms with van der Waals surface area (Å²) in [5.41, 5.74) is 0.892. The number of piperidine rings is 1. The lowest BCUT2D eigenvalue weighted by molar-refractivity contribution is -0.137. The van der Waals surface area contributed by atoms with Crippen LogP contribution in [0.3, 0.4) is 0 Å². The second-order valence-corrected chi connectivity index (χ2v) is 7.94. The van der Waals surface area contributed by atoms with E-state index in [1.54, 1.807) is 7.11 Å². The van der Waals surface area contributed by atoms with Gasteiger partial charge in [-0.1, -0.05) is 18.0 Å². The third-order valence-corrected chi connectivity index (χ3v) is 6.16. The molecule has 0 radical (unpaired) electrons. The number of amides is 1. The minimum absolute atomic E-state index is 0.298. The molecule has 28 heavy (non-hydrogen) atoms. The quantitative estimate of drug-likeness (QED) is 0.746. The first-order chi connectivity index (χ1) is 13.7. The maximum Gasteiger partial charge on any atom is 0.226 e. The molecule has 0 spiro atoms. The summed E-state index contributed by atoms with van der Waals surface area (Å²) < 4.78 is 10.5. The van der Waals surface area contributed by atoms with E-state index in [9.17, 15) is 4.79 Å². The summed E-state index contributed by atoms with van der Waals surface area (Å²) in [4.78, 5) is 19.4. The number of carbonyl (C=O) groups is 1. The molecule has 6 nitrogen and oxygen atoms in total. The van der Waals surface area contributed by atoms with Crippen LogP contribution in [0.2, 0.25) is 0 Å². The van der Waals surface area contributed by atoms with E-state index in [1.807, 2.05) is 24.3 Å². The Labute approximate surface area is 166 Å². The maximum absolute atomic E-state index is 12.8. The van der Waals surface area contributed by atoms with Gasteiger partial charge in [0.25, 0.3) is 0 Å². The van der Waals surface area contributed by atoms with Gasteiger partial charge in [-0.25, -0.2) is 0 Å². The van der Waals surface area contributed by atoms with Crippen LogP contribution in [0.1, 0.15) is 57.3 Å². The Kier molecular flexibility index (Phi) is 5.93. The van der Waals surface area contributed by atoms with Crippen molar-refractivity contribution in [2.24, 2.45) is 5.92 Å². The number of methoxy groups -OCH3 is 1. The topological polar surface area (TPSA) is 68.5 Å². The average Bonchev–Trinajstić information content (AvgIpc) is 3.22. The fourth-order valence-electron chi connectivity index (χ4n) is 4.68. The molecule has 2 atom stereocenters. The van der Waals surface area contributed by atoms with Crippen molar-refractivity contribution in [2.45, 2.75) is 63.8 Å². The molecule has 1 aliphatic carbocycles. The number of aryl methyl sites for hydroxylation is 1. The van der Waals surface area contributed by atoms with E-state index in [1.165, 1.54) is 32.1 Å². The van der Waals surface area contributed by atoms with Gasteiger partial charge in [0.05, 0.1) is 7.11 Å². The molecule has 2 heterocycles. The zero-order valence-electron chi connectivity index (χ0n) is 16.6. The third kappa shape index (κ3) is 4.21. The molecule has 1 aliphatic heterocycles. The summed E-state index contributed by atoms with van der Waals surface area (Å²) in [5.74, 6) is 2.99. The van der Waals surface area contributed by atoms with Crippen LogP contribution in [0.15, 0.2) is 28.8 Å². The van der Waals surface area contributed by atoms with Crippen molar-refractivity contribution in [2.75, 3.05) is 13.7 Å². The average molecular weight is 383 g/mol. The van der Waals surface area contributed by atoms with E-state index in [-0.39, 0.29) is 0 Å². The summed E-state index contributed by atoms with van der Waals surface area (Å²) >= 11 is 0. The predicted molar refractivity (Wildman–Crippen MR) is 106 cm³/mol. The number of carbonyl (C=O) groups excluding carboxylic acids is 1. The van der Waals surface area contributed by atoms with Gasteiger partial charge in [-0.3, -0.25) is 4.79 Å². The molecular formula is C22H29N3O3. The van der Waals surface area contributed by atoms with Gasteiger partial charge in [-0.05, 0) is 62.3 Å². The summed E-state index contributed by atoms with van der Waals surface area (Å²) in [6, 6.07) is 8.06. The van der Waals surface area contributed by atoms with E-state index < -0.39 is 0 Å². The standard InChI is InChI=1S/C22H29N3O3/c1-27-18-13-11-17(12-14-18)22-23-20(28-24-22)9-4-10-21(26)25-15-5-7-16-6-2-3-8-19(16)25/h11-14,16,19H,2-10,15H2,1H3/t16-,19+/m0/s1. The number of rotatable bonds is 6. The molecule has 2 aliphatic rings. The van der Waals surface area contributed by atoms with Gasteiger partial charge in [-0.2, -0.15) is 4.98 Å². The highest BCUT2D eigenvalue weighted by Gasteiger charge is 2.35. The molecule has 2 aromatic rings. The van der Waals surface area contributed by atoms with E-state index in [4.69, 9.17) is 9.26 Å². The smallest absolute Gasteiger partial charge is 0.226 e. The van der Waals surface area contributed by atoms with Gasteiger partial charge in [0.1, 0.15) is 5.75 Å². The van der Waals surface area contributed by atoms with E-state index >= 15 is 0 Å². The molecule has 150 valence electrons. The van der Waals surface area contributed by atoms with Crippen molar-refractivity contribution < 1.29 is 14.1 Å². The summed E-state index contributed by atoms with van der Waals surface area (Å²) in [7, 11) is 1.64. The number of fused-ring (bicyclic) bond motifs is 1. The molecule has 6 heteroatoms. The Morgan fingerprint density at radius 1 is 1.18 bits per heavy atom. The Balaban J connectivity index is 1.29. The Morgan fingerprint density at radius 3 is 2.79 bits per heavy atom. The number of hydrogen-bond acceptors (Lipinski definition) is 5. The molecule has 1 aromatic heterocycles. The summed E-state index contributed by atoms with van der Waals surface area (Å²) in [6.07, 6.45) is 9.47. The zero-order chi connectivity index (χ0) is 19.3. The minimum Gasteiger partial charge on any atom is -0.497 e. The highest BCUT2D eigenvalue weighted by atomic mass is 16.5. The highest BCUT2D eigenvalue weighted by Crippen LogP contribution is 2.35.